The van der Waals surface area contributed by atoms with Crippen LogP contribution in [0, 0.1) is 10.1 Å². The van der Waals surface area contributed by atoms with Crippen LogP contribution in [0.3, 0.4) is 0 Å². The van der Waals surface area contributed by atoms with E-state index in [9.17, 15) is 20.0 Å². The molecular formula is C15H16N2O5. The third-order valence-corrected chi connectivity index (χ3v) is 3.24. The number of aryl methyl sites for hydroxylation is 1. The molecule has 0 aliphatic heterocycles. The Morgan fingerprint density at radius 2 is 2.14 bits per heavy atom. The molecule has 0 unspecified atom stereocenters. The number of hydrogen-bond donors (Lipinski definition) is 1. The Labute approximate surface area is 126 Å². The van der Waals surface area contributed by atoms with Crippen molar-refractivity contribution >= 4 is 16.6 Å². The van der Waals surface area contributed by atoms with Crippen molar-refractivity contribution in [3.63, 3.8) is 0 Å². The molecule has 0 spiro atoms. The Kier molecular flexibility index (Phi) is 4.16. The summed E-state index contributed by atoms with van der Waals surface area (Å²) in [6, 6.07) is 4.05. The molecule has 1 aromatic carbocycles. The SMILES string of the molecule is CC(C)=CCOc1c(O)c(=O)n(C)c2cc([N+](=O)[O-])ccc12. The molecule has 0 saturated carbocycles. The quantitative estimate of drug-likeness (QED) is 0.532. The normalized spacial score (nSPS) is 10.5. The first-order valence-electron chi connectivity index (χ1n) is 6.59. The average Bonchev–Trinajstić information content (AvgIpc) is 2.47. The Morgan fingerprint density at radius 3 is 2.73 bits per heavy atom. The number of allylic oxidation sites excluding steroid dienone is 1. The van der Waals surface area contributed by atoms with Crippen LogP contribution in [0.2, 0.25) is 0 Å². The molecule has 0 fully saturated rings. The van der Waals surface area contributed by atoms with E-state index in [-0.39, 0.29) is 18.0 Å². The zero-order valence-corrected chi connectivity index (χ0v) is 12.5. The van der Waals surface area contributed by atoms with Gasteiger partial charge in [0.05, 0.1) is 10.4 Å². The molecule has 2 rings (SSSR count). The summed E-state index contributed by atoms with van der Waals surface area (Å²) in [6.45, 7) is 3.98. The number of fused-ring (bicyclic) bond motifs is 1. The van der Waals surface area contributed by atoms with E-state index < -0.39 is 16.2 Å². The lowest BCUT2D eigenvalue weighted by molar-refractivity contribution is -0.384. The van der Waals surface area contributed by atoms with Gasteiger partial charge in [-0.3, -0.25) is 14.9 Å². The molecule has 2 aromatic rings. The smallest absolute Gasteiger partial charge is 0.296 e. The number of nitrogens with zero attached hydrogens (tertiary/aromatic N) is 2. The minimum atomic E-state index is -0.666. The van der Waals surface area contributed by atoms with E-state index in [1.807, 2.05) is 13.8 Å². The van der Waals surface area contributed by atoms with Crippen LogP contribution in [0.25, 0.3) is 10.9 Å². The number of aromatic nitrogens is 1. The number of aromatic hydroxyl groups is 1. The predicted molar refractivity (Wildman–Crippen MR) is 82.4 cm³/mol. The summed E-state index contributed by atoms with van der Waals surface area (Å²) in [5.74, 6) is -0.475. The number of ether oxygens (including phenoxy) is 1. The van der Waals surface area contributed by atoms with Gasteiger partial charge in [-0.25, -0.2) is 0 Å². The molecule has 22 heavy (non-hydrogen) atoms. The fraction of sp³-hybridized carbons (Fsp3) is 0.267. The van der Waals surface area contributed by atoms with E-state index >= 15 is 0 Å². The molecule has 1 aromatic heterocycles. The Bertz CT molecular complexity index is 832. The fourth-order valence-corrected chi connectivity index (χ4v) is 2.03. The van der Waals surface area contributed by atoms with Crippen molar-refractivity contribution in [1.29, 1.82) is 0 Å². The maximum atomic E-state index is 12.0. The van der Waals surface area contributed by atoms with Gasteiger partial charge in [0.2, 0.25) is 5.75 Å². The number of non-ortho nitro benzene ring substituents is 1. The molecule has 7 nitrogen and oxygen atoms in total. The van der Waals surface area contributed by atoms with Gasteiger partial charge in [-0.05, 0) is 26.0 Å². The second kappa shape index (κ2) is 5.88. The van der Waals surface area contributed by atoms with Crippen LogP contribution in [0.5, 0.6) is 11.5 Å². The molecule has 1 heterocycles. The lowest BCUT2D eigenvalue weighted by Gasteiger charge is -2.12. The number of pyridine rings is 1. The zero-order chi connectivity index (χ0) is 16.4. The van der Waals surface area contributed by atoms with Gasteiger partial charge in [0, 0.05) is 24.6 Å². The van der Waals surface area contributed by atoms with Gasteiger partial charge in [0.1, 0.15) is 6.61 Å². The van der Waals surface area contributed by atoms with Crippen LogP contribution in [-0.2, 0) is 7.05 Å². The van der Waals surface area contributed by atoms with E-state index in [4.69, 9.17) is 4.74 Å². The first kappa shape index (κ1) is 15.6. The highest BCUT2D eigenvalue weighted by molar-refractivity contribution is 5.89. The molecule has 116 valence electrons. The first-order chi connectivity index (χ1) is 10.3. The minimum absolute atomic E-state index is 0.0329. The van der Waals surface area contributed by atoms with Crippen LogP contribution in [-0.4, -0.2) is 21.2 Å². The molecule has 7 heteroatoms. The Balaban J connectivity index is 2.67. The number of hydrogen-bond acceptors (Lipinski definition) is 5. The van der Waals surface area contributed by atoms with Gasteiger partial charge < -0.3 is 14.4 Å². The number of benzene rings is 1. The van der Waals surface area contributed by atoms with E-state index in [0.29, 0.717) is 10.9 Å². The highest BCUT2D eigenvalue weighted by Gasteiger charge is 2.18. The molecule has 0 radical (unpaired) electrons. The molecule has 1 N–H and O–H groups in total. The van der Waals surface area contributed by atoms with Crippen LogP contribution >= 0.6 is 0 Å². The third kappa shape index (κ3) is 2.78. The van der Waals surface area contributed by atoms with E-state index in [0.717, 1.165) is 10.1 Å². The third-order valence-electron chi connectivity index (χ3n) is 3.24. The molecule has 0 amide bonds. The molecular weight excluding hydrogens is 288 g/mol. The summed E-state index contributed by atoms with van der Waals surface area (Å²) in [6.07, 6.45) is 1.80. The van der Waals surface area contributed by atoms with Gasteiger partial charge in [-0.15, -0.1) is 0 Å². The highest BCUT2D eigenvalue weighted by Crippen LogP contribution is 2.33. The number of nitro groups is 1. The molecule has 0 aliphatic carbocycles. The molecule has 0 atom stereocenters. The first-order valence-corrected chi connectivity index (χ1v) is 6.59. The van der Waals surface area contributed by atoms with Crippen LogP contribution < -0.4 is 10.3 Å². The maximum Gasteiger partial charge on any atom is 0.296 e. The van der Waals surface area contributed by atoms with Gasteiger partial charge in [-0.1, -0.05) is 5.57 Å². The topological polar surface area (TPSA) is 94.6 Å². The number of nitro benzene ring substituents is 1. The van der Waals surface area contributed by atoms with Crippen molar-refractivity contribution < 1.29 is 14.8 Å². The largest absolute Gasteiger partial charge is 0.500 e. The lowest BCUT2D eigenvalue weighted by Crippen LogP contribution is -2.18. The maximum absolute atomic E-state index is 12.0. The summed E-state index contributed by atoms with van der Waals surface area (Å²) in [7, 11) is 1.44. The highest BCUT2D eigenvalue weighted by atomic mass is 16.6. The van der Waals surface area contributed by atoms with Crippen LogP contribution in [0.15, 0.2) is 34.6 Å². The van der Waals surface area contributed by atoms with Crippen LogP contribution in [0.1, 0.15) is 13.8 Å². The van der Waals surface area contributed by atoms with Gasteiger partial charge >= 0.3 is 0 Å². The monoisotopic (exact) mass is 304 g/mol. The standard InChI is InChI=1S/C15H16N2O5/c1-9(2)6-7-22-14-11-5-4-10(17(20)21)8-12(11)16(3)15(19)13(14)18/h4-6,8,18H,7H2,1-3H3. The summed E-state index contributed by atoms with van der Waals surface area (Å²) in [5.41, 5.74) is 0.552. The van der Waals surface area contributed by atoms with Crippen molar-refractivity contribution in [2.45, 2.75) is 13.8 Å². The number of rotatable bonds is 4. The van der Waals surface area contributed by atoms with Crippen molar-refractivity contribution in [1.82, 2.24) is 4.57 Å². The molecule has 0 saturated heterocycles. The predicted octanol–water partition coefficient (Wildman–Crippen LogP) is 2.50. The van der Waals surface area contributed by atoms with Crippen LogP contribution in [0.4, 0.5) is 5.69 Å². The fourth-order valence-electron chi connectivity index (χ4n) is 2.03. The Morgan fingerprint density at radius 1 is 1.45 bits per heavy atom. The second-order valence-electron chi connectivity index (χ2n) is 5.09. The summed E-state index contributed by atoms with van der Waals surface area (Å²) in [4.78, 5) is 22.4. The average molecular weight is 304 g/mol. The van der Waals surface area contributed by atoms with E-state index in [1.54, 1.807) is 6.08 Å². The van der Waals surface area contributed by atoms with Gasteiger partial charge in [0.25, 0.3) is 11.2 Å². The van der Waals surface area contributed by atoms with Crippen molar-refractivity contribution in [3.05, 3.63) is 50.3 Å². The minimum Gasteiger partial charge on any atom is -0.500 e. The van der Waals surface area contributed by atoms with Crippen molar-refractivity contribution in [3.8, 4) is 11.5 Å². The Hall–Kier alpha value is -2.83. The summed E-state index contributed by atoms with van der Waals surface area (Å²) >= 11 is 0. The van der Waals surface area contributed by atoms with E-state index in [1.165, 1.54) is 25.2 Å². The van der Waals surface area contributed by atoms with Crippen molar-refractivity contribution in [2.75, 3.05) is 6.61 Å². The van der Waals surface area contributed by atoms with Gasteiger partial charge in [0.15, 0.2) is 5.75 Å². The second-order valence-corrected chi connectivity index (χ2v) is 5.09. The van der Waals surface area contributed by atoms with Gasteiger partial charge in [-0.2, -0.15) is 0 Å². The summed E-state index contributed by atoms with van der Waals surface area (Å²) < 4.78 is 6.65. The summed E-state index contributed by atoms with van der Waals surface area (Å²) in [5, 5.41) is 21.3. The molecule has 0 aliphatic rings. The molecule has 0 bridgehead atoms. The lowest BCUT2D eigenvalue weighted by atomic mass is 10.1. The zero-order valence-electron chi connectivity index (χ0n) is 12.5. The van der Waals surface area contributed by atoms with E-state index in [2.05, 4.69) is 0 Å². The van der Waals surface area contributed by atoms with Crippen molar-refractivity contribution in [2.24, 2.45) is 7.05 Å².